The number of hydrogen-bond acceptors (Lipinski definition) is 5. The summed E-state index contributed by atoms with van der Waals surface area (Å²) in [5.74, 6) is 0.156. The summed E-state index contributed by atoms with van der Waals surface area (Å²) < 4.78 is 19.5. The molecule has 2 atom stereocenters. The van der Waals surface area contributed by atoms with Crippen molar-refractivity contribution in [3.05, 3.63) is 53.8 Å². The molecule has 27 heavy (non-hydrogen) atoms. The van der Waals surface area contributed by atoms with E-state index in [4.69, 9.17) is 4.74 Å². The standard InChI is InChI=1S/C20H20FN3O2S/c1-26-17-8-3-2-5-13(17)19(25)22-14-6-4-7-15(14)23-20-24-16-10-9-12(21)11-18(16)27-20/h2-3,5,8-11,14-15H,4,6-7H2,1H3,(H,22,25)(H,23,24). The van der Waals surface area contributed by atoms with Crippen LogP contribution in [0.1, 0.15) is 29.6 Å². The van der Waals surface area contributed by atoms with Crippen LogP contribution < -0.4 is 15.4 Å². The Balaban J connectivity index is 1.47. The van der Waals surface area contributed by atoms with Crippen LogP contribution in [0.25, 0.3) is 10.2 Å². The molecule has 1 amide bonds. The zero-order valence-electron chi connectivity index (χ0n) is 14.9. The maximum absolute atomic E-state index is 13.4. The summed E-state index contributed by atoms with van der Waals surface area (Å²) in [4.78, 5) is 17.2. The summed E-state index contributed by atoms with van der Waals surface area (Å²) in [6, 6.07) is 11.9. The molecule has 2 aromatic carbocycles. The lowest BCUT2D eigenvalue weighted by molar-refractivity contribution is 0.0933. The number of aromatic nitrogens is 1. The summed E-state index contributed by atoms with van der Waals surface area (Å²) >= 11 is 1.43. The third-order valence-electron chi connectivity index (χ3n) is 4.84. The molecule has 2 N–H and O–H groups in total. The van der Waals surface area contributed by atoms with Crippen molar-refractivity contribution < 1.29 is 13.9 Å². The van der Waals surface area contributed by atoms with E-state index in [0.717, 1.165) is 34.6 Å². The number of para-hydroxylation sites is 1. The fourth-order valence-corrected chi connectivity index (χ4v) is 4.46. The van der Waals surface area contributed by atoms with Gasteiger partial charge in [-0.3, -0.25) is 4.79 Å². The van der Waals surface area contributed by atoms with Crippen LogP contribution in [-0.4, -0.2) is 30.1 Å². The van der Waals surface area contributed by atoms with E-state index < -0.39 is 0 Å². The lowest BCUT2D eigenvalue weighted by Crippen LogP contribution is -2.43. The summed E-state index contributed by atoms with van der Waals surface area (Å²) in [6.45, 7) is 0. The average Bonchev–Trinajstić information content (AvgIpc) is 3.27. The maximum Gasteiger partial charge on any atom is 0.255 e. The highest BCUT2D eigenvalue weighted by atomic mass is 32.1. The van der Waals surface area contributed by atoms with Crippen LogP contribution in [-0.2, 0) is 0 Å². The van der Waals surface area contributed by atoms with Crippen molar-refractivity contribution in [2.45, 2.75) is 31.3 Å². The van der Waals surface area contributed by atoms with Gasteiger partial charge in [-0.25, -0.2) is 9.37 Å². The fraction of sp³-hybridized carbons (Fsp3) is 0.300. The molecule has 3 aromatic rings. The van der Waals surface area contributed by atoms with Gasteiger partial charge in [-0.05, 0) is 49.6 Å². The van der Waals surface area contributed by atoms with Crippen LogP contribution >= 0.6 is 11.3 Å². The van der Waals surface area contributed by atoms with Crippen LogP contribution in [0.4, 0.5) is 9.52 Å². The molecule has 5 nitrogen and oxygen atoms in total. The fourth-order valence-electron chi connectivity index (χ4n) is 3.50. The minimum absolute atomic E-state index is 0.00570. The second kappa shape index (κ2) is 7.52. The third kappa shape index (κ3) is 3.73. The summed E-state index contributed by atoms with van der Waals surface area (Å²) in [7, 11) is 1.56. The van der Waals surface area contributed by atoms with Gasteiger partial charge in [-0.1, -0.05) is 23.5 Å². The van der Waals surface area contributed by atoms with E-state index in [1.54, 1.807) is 25.3 Å². The molecule has 0 spiro atoms. The van der Waals surface area contributed by atoms with Gasteiger partial charge in [0.25, 0.3) is 5.91 Å². The average molecular weight is 385 g/mol. The number of anilines is 1. The number of benzene rings is 2. The molecule has 4 rings (SSSR count). The molecule has 0 radical (unpaired) electrons. The highest BCUT2D eigenvalue weighted by Crippen LogP contribution is 2.30. The van der Waals surface area contributed by atoms with Crippen molar-refractivity contribution in [3.8, 4) is 5.75 Å². The van der Waals surface area contributed by atoms with E-state index in [1.807, 2.05) is 12.1 Å². The normalized spacial score (nSPS) is 19.2. The number of fused-ring (bicyclic) bond motifs is 1. The first-order chi connectivity index (χ1) is 13.1. The molecule has 1 aromatic heterocycles. The minimum Gasteiger partial charge on any atom is -0.496 e. The van der Waals surface area contributed by atoms with Crippen molar-refractivity contribution >= 4 is 32.6 Å². The highest BCUT2D eigenvalue weighted by Gasteiger charge is 2.30. The Morgan fingerprint density at radius 3 is 2.89 bits per heavy atom. The molecule has 1 fully saturated rings. The first-order valence-electron chi connectivity index (χ1n) is 8.90. The SMILES string of the molecule is COc1ccccc1C(=O)NC1CCCC1Nc1nc2ccc(F)cc2s1. The van der Waals surface area contributed by atoms with Crippen LogP contribution in [0.3, 0.4) is 0 Å². The van der Waals surface area contributed by atoms with Crippen LogP contribution in [0, 0.1) is 5.82 Å². The topological polar surface area (TPSA) is 63.2 Å². The molecular formula is C20H20FN3O2S. The molecule has 0 aliphatic heterocycles. The lowest BCUT2D eigenvalue weighted by atomic mass is 10.1. The Kier molecular flexibility index (Phi) is 4.94. The number of amides is 1. The van der Waals surface area contributed by atoms with Crippen LogP contribution in [0.2, 0.25) is 0 Å². The van der Waals surface area contributed by atoms with Crippen molar-refractivity contribution in [2.75, 3.05) is 12.4 Å². The van der Waals surface area contributed by atoms with Crippen LogP contribution in [0.5, 0.6) is 5.75 Å². The smallest absolute Gasteiger partial charge is 0.255 e. The Morgan fingerprint density at radius 2 is 2.04 bits per heavy atom. The zero-order chi connectivity index (χ0) is 18.8. The van der Waals surface area contributed by atoms with Crippen molar-refractivity contribution in [3.63, 3.8) is 0 Å². The number of methoxy groups -OCH3 is 1. The summed E-state index contributed by atoms with van der Waals surface area (Å²) in [5, 5.41) is 7.29. The lowest BCUT2D eigenvalue weighted by Gasteiger charge is -2.22. The van der Waals surface area contributed by atoms with Gasteiger partial charge >= 0.3 is 0 Å². The number of carbonyl (C=O) groups excluding carboxylic acids is 1. The minimum atomic E-state index is -0.263. The van der Waals surface area contributed by atoms with E-state index in [1.165, 1.54) is 23.5 Å². The molecule has 1 heterocycles. The van der Waals surface area contributed by atoms with Gasteiger partial charge in [-0.15, -0.1) is 0 Å². The van der Waals surface area contributed by atoms with Gasteiger partial charge in [0.2, 0.25) is 0 Å². The number of thiazole rings is 1. The number of nitrogens with one attached hydrogen (secondary N) is 2. The molecule has 0 bridgehead atoms. The number of rotatable bonds is 5. The van der Waals surface area contributed by atoms with E-state index in [0.29, 0.717) is 11.3 Å². The van der Waals surface area contributed by atoms with Gasteiger partial charge in [0.1, 0.15) is 11.6 Å². The van der Waals surface area contributed by atoms with E-state index in [2.05, 4.69) is 15.6 Å². The predicted molar refractivity (Wildman–Crippen MR) is 105 cm³/mol. The molecule has 0 saturated heterocycles. The zero-order valence-corrected chi connectivity index (χ0v) is 15.7. The van der Waals surface area contributed by atoms with Gasteiger partial charge < -0.3 is 15.4 Å². The summed E-state index contributed by atoms with van der Waals surface area (Å²) in [5.41, 5.74) is 1.30. The van der Waals surface area contributed by atoms with Crippen molar-refractivity contribution in [1.29, 1.82) is 0 Å². The number of carbonyl (C=O) groups is 1. The first kappa shape index (κ1) is 17.7. The highest BCUT2D eigenvalue weighted by molar-refractivity contribution is 7.22. The van der Waals surface area contributed by atoms with E-state index >= 15 is 0 Å². The van der Waals surface area contributed by atoms with Crippen molar-refractivity contribution in [2.24, 2.45) is 0 Å². The van der Waals surface area contributed by atoms with Gasteiger partial charge in [0, 0.05) is 12.1 Å². The Bertz CT molecular complexity index is 975. The van der Waals surface area contributed by atoms with Gasteiger partial charge in [0.05, 0.1) is 22.9 Å². The molecule has 1 aliphatic rings. The Labute approximate surface area is 160 Å². The van der Waals surface area contributed by atoms with Gasteiger partial charge in [0.15, 0.2) is 5.13 Å². The molecule has 1 saturated carbocycles. The number of ether oxygens (including phenoxy) is 1. The van der Waals surface area contributed by atoms with Crippen molar-refractivity contribution in [1.82, 2.24) is 10.3 Å². The summed E-state index contributed by atoms with van der Waals surface area (Å²) in [6.07, 6.45) is 2.87. The molecule has 140 valence electrons. The number of halogens is 1. The molecule has 2 unspecified atom stereocenters. The second-order valence-electron chi connectivity index (χ2n) is 6.59. The Hall–Kier alpha value is -2.67. The Morgan fingerprint density at radius 1 is 1.22 bits per heavy atom. The van der Waals surface area contributed by atoms with Gasteiger partial charge in [-0.2, -0.15) is 0 Å². The van der Waals surface area contributed by atoms with E-state index in [9.17, 15) is 9.18 Å². The second-order valence-corrected chi connectivity index (χ2v) is 7.62. The first-order valence-corrected chi connectivity index (χ1v) is 9.72. The number of hydrogen-bond donors (Lipinski definition) is 2. The largest absolute Gasteiger partial charge is 0.496 e. The maximum atomic E-state index is 13.4. The quantitative estimate of drug-likeness (QED) is 0.691. The van der Waals surface area contributed by atoms with Crippen LogP contribution in [0.15, 0.2) is 42.5 Å². The third-order valence-corrected chi connectivity index (χ3v) is 5.79. The monoisotopic (exact) mass is 385 g/mol. The number of nitrogens with zero attached hydrogens (tertiary/aromatic N) is 1. The predicted octanol–water partition coefficient (Wildman–Crippen LogP) is 4.21. The molecule has 1 aliphatic carbocycles. The molecule has 7 heteroatoms. The molecular weight excluding hydrogens is 365 g/mol. The van der Waals surface area contributed by atoms with E-state index in [-0.39, 0.29) is 23.8 Å².